The van der Waals surface area contributed by atoms with E-state index in [2.05, 4.69) is 10.1 Å². The summed E-state index contributed by atoms with van der Waals surface area (Å²) in [6, 6.07) is 7.81. The second-order valence-corrected chi connectivity index (χ2v) is 7.08. The first-order chi connectivity index (χ1) is 12.6. The van der Waals surface area contributed by atoms with Crippen LogP contribution in [0.5, 0.6) is 5.75 Å². The number of aryl methyl sites for hydroxylation is 1. The molecule has 2 aromatic rings. The van der Waals surface area contributed by atoms with Gasteiger partial charge in [0.25, 0.3) is 5.89 Å². The second-order valence-electron chi connectivity index (χ2n) is 7.08. The molecule has 0 radical (unpaired) electrons. The normalized spacial score (nSPS) is 14.5. The van der Waals surface area contributed by atoms with Crippen molar-refractivity contribution >= 4 is 5.91 Å². The number of benzene rings is 1. The number of carbonyl (C=O) groups excluding carboxylic acids is 1. The van der Waals surface area contributed by atoms with Crippen LogP contribution in [0.4, 0.5) is 0 Å². The number of carbonyl (C=O) groups is 1. The third-order valence-electron chi connectivity index (χ3n) is 4.99. The van der Waals surface area contributed by atoms with Crippen LogP contribution in [0.15, 0.2) is 28.8 Å². The Labute approximate surface area is 154 Å². The van der Waals surface area contributed by atoms with E-state index >= 15 is 0 Å². The van der Waals surface area contributed by atoms with Crippen LogP contribution in [-0.4, -0.2) is 34.5 Å². The molecule has 3 rings (SSSR count). The van der Waals surface area contributed by atoms with E-state index in [0.717, 1.165) is 11.3 Å². The van der Waals surface area contributed by atoms with Crippen LogP contribution < -0.4 is 4.74 Å². The molecule has 0 bridgehead atoms. The fraction of sp³-hybridized carbons (Fsp3) is 0.550. The first kappa shape index (κ1) is 18.4. The SMILES string of the molecule is Cc1ccccc1OCc1nc(CCN(C)C(=O)CC2CCCC2)no1. The summed E-state index contributed by atoms with van der Waals surface area (Å²) in [7, 11) is 1.85. The number of hydrogen-bond acceptors (Lipinski definition) is 5. The molecule has 0 unspecified atom stereocenters. The minimum Gasteiger partial charge on any atom is -0.483 e. The number of rotatable bonds is 8. The zero-order valence-corrected chi connectivity index (χ0v) is 15.6. The number of para-hydroxylation sites is 1. The Hall–Kier alpha value is -2.37. The van der Waals surface area contributed by atoms with Gasteiger partial charge in [-0.1, -0.05) is 36.2 Å². The van der Waals surface area contributed by atoms with E-state index in [1.54, 1.807) is 4.90 Å². The molecule has 1 heterocycles. The van der Waals surface area contributed by atoms with Crippen molar-refractivity contribution in [2.45, 2.75) is 52.1 Å². The lowest BCUT2D eigenvalue weighted by molar-refractivity contribution is -0.130. The first-order valence-electron chi connectivity index (χ1n) is 9.35. The van der Waals surface area contributed by atoms with Gasteiger partial charge in [0.15, 0.2) is 12.4 Å². The van der Waals surface area contributed by atoms with Gasteiger partial charge in [-0.25, -0.2) is 0 Å². The summed E-state index contributed by atoms with van der Waals surface area (Å²) in [5.41, 5.74) is 1.06. The van der Waals surface area contributed by atoms with E-state index in [1.807, 2.05) is 38.2 Å². The van der Waals surface area contributed by atoms with Crippen molar-refractivity contribution in [2.24, 2.45) is 5.92 Å². The fourth-order valence-corrected chi connectivity index (χ4v) is 3.32. The number of nitrogens with zero attached hydrogens (tertiary/aromatic N) is 3. The maximum atomic E-state index is 12.3. The molecule has 1 aromatic heterocycles. The first-order valence-corrected chi connectivity index (χ1v) is 9.35. The van der Waals surface area contributed by atoms with E-state index in [9.17, 15) is 4.79 Å². The van der Waals surface area contributed by atoms with Crippen LogP contribution in [0.25, 0.3) is 0 Å². The highest BCUT2D eigenvalue weighted by atomic mass is 16.5. The van der Waals surface area contributed by atoms with Crippen molar-refractivity contribution in [3.63, 3.8) is 0 Å². The summed E-state index contributed by atoms with van der Waals surface area (Å²) in [5.74, 6) is 2.64. The molecule has 0 N–H and O–H groups in total. The molecule has 1 amide bonds. The number of likely N-dealkylation sites (N-methyl/N-ethyl adjacent to an activating group) is 1. The summed E-state index contributed by atoms with van der Waals surface area (Å²) < 4.78 is 11.0. The quantitative estimate of drug-likeness (QED) is 0.723. The highest BCUT2D eigenvalue weighted by Crippen LogP contribution is 2.27. The predicted molar refractivity (Wildman–Crippen MR) is 97.7 cm³/mol. The highest BCUT2D eigenvalue weighted by molar-refractivity contribution is 5.76. The van der Waals surface area contributed by atoms with Gasteiger partial charge in [0.05, 0.1) is 0 Å². The zero-order valence-electron chi connectivity index (χ0n) is 15.6. The van der Waals surface area contributed by atoms with E-state index in [0.29, 0.717) is 37.0 Å². The standard InChI is InChI=1S/C20H27N3O3/c1-15-7-3-6-10-17(15)25-14-19-21-18(22-26-19)11-12-23(2)20(24)13-16-8-4-5-9-16/h3,6-7,10,16H,4-5,8-9,11-14H2,1-2H3. The molecule has 1 aliphatic rings. The zero-order chi connectivity index (χ0) is 18.4. The molecule has 140 valence electrons. The van der Waals surface area contributed by atoms with Crippen LogP contribution in [0.3, 0.4) is 0 Å². The average Bonchev–Trinajstić information content (AvgIpc) is 3.31. The fourth-order valence-electron chi connectivity index (χ4n) is 3.32. The average molecular weight is 357 g/mol. The van der Waals surface area contributed by atoms with Gasteiger partial charge in [0.1, 0.15) is 5.75 Å². The van der Waals surface area contributed by atoms with E-state index in [4.69, 9.17) is 9.26 Å². The van der Waals surface area contributed by atoms with Gasteiger partial charge in [0.2, 0.25) is 5.91 Å². The largest absolute Gasteiger partial charge is 0.483 e. The number of amides is 1. The topological polar surface area (TPSA) is 68.5 Å². The molecule has 26 heavy (non-hydrogen) atoms. The van der Waals surface area contributed by atoms with Crippen molar-refractivity contribution in [3.05, 3.63) is 41.5 Å². The Morgan fingerprint density at radius 2 is 2.08 bits per heavy atom. The minimum atomic E-state index is 0.212. The molecule has 1 fully saturated rings. The Morgan fingerprint density at radius 3 is 2.85 bits per heavy atom. The van der Waals surface area contributed by atoms with E-state index in [-0.39, 0.29) is 12.5 Å². The van der Waals surface area contributed by atoms with E-state index in [1.165, 1.54) is 25.7 Å². The van der Waals surface area contributed by atoms with Crippen LogP contribution >= 0.6 is 0 Å². The Morgan fingerprint density at radius 1 is 1.31 bits per heavy atom. The number of aromatic nitrogens is 2. The number of hydrogen-bond donors (Lipinski definition) is 0. The van der Waals surface area contributed by atoms with Gasteiger partial charge in [-0.05, 0) is 37.3 Å². The molecule has 0 saturated heterocycles. The summed E-state index contributed by atoms with van der Waals surface area (Å²) in [6.45, 7) is 2.84. The van der Waals surface area contributed by atoms with Gasteiger partial charge >= 0.3 is 0 Å². The maximum Gasteiger partial charge on any atom is 0.264 e. The van der Waals surface area contributed by atoms with Crippen molar-refractivity contribution in [2.75, 3.05) is 13.6 Å². The maximum absolute atomic E-state index is 12.3. The Balaban J connectivity index is 1.43. The lowest BCUT2D eigenvalue weighted by Crippen LogP contribution is -2.30. The molecular formula is C20H27N3O3. The minimum absolute atomic E-state index is 0.212. The van der Waals surface area contributed by atoms with E-state index < -0.39 is 0 Å². The van der Waals surface area contributed by atoms with Gasteiger partial charge in [0, 0.05) is 26.4 Å². The van der Waals surface area contributed by atoms with Crippen LogP contribution in [-0.2, 0) is 17.8 Å². The van der Waals surface area contributed by atoms with Crippen molar-refractivity contribution in [3.8, 4) is 5.75 Å². The summed E-state index contributed by atoms with van der Waals surface area (Å²) >= 11 is 0. The van der Waals surface area contributed by atoms with Crippen LogP contribution in [0.2, 0.25) is 0 Å². The summed E-state index contributed by atoms with van der Waals surface area (Å²) in [5, 5.41) is 3.98. The third kappa shape index (κ3) is 5.07. The number of ether oxygens (including phenoxy) is 1. The molecule has 1 aromatic carbocycles. The lowest BCUT2D eigenvalue weighted by atomic mass is 10.0. The van der Waals surface area contributed by atoms with Crippen LogP contribution in [0.1, 0.15) is 49.4 Å². The van der Waals surface area contributed by atoms with Crippen molar-refractivity contribution in [1.29, 1.82) is 0 Å². The van der Waals surface area contributed by atoms with Gasteiger partial charge in [-0.3, -0.25) is 4.79 Å². The lowest BCUT2D eigenvalue weighted by Gasteiger charge is -2.18. The monoisotopic (exact) mass is 357 g/mol. The molecule has 0 spiro atoms. The summed E-state index contributed by atoms with van der Waals surface area (Å²) in [4.78, 5) is 18.4. The molecule has 0 atom stereocenters. The van der Waals surface area contributed by atoms with Crippen molar-refractivity contribution < 1.29 is 14.1 Å². The molecular weight excluding hydrogens is 330 g/mol. The summed E-state index contributed by atoms with van der Waals surface area (Å²) in [6.07, 6.45) is 6.15. The van der Waals surface area contributed by atoms with Crippen LogP contribution in [0, 0.1) is 12.8 Å². The van der Waals surface area contributed by atoms with Crippen molar-refractivity contribution in [1.82, 2.24) is 15.0 Å². The second kappa shape index (κ2) is 8.83. The molecule has 6 heteroatoms. The van der Waals surface area contributed by atoms with Gasteiger partial charge in [-0.2, -0.15) is 4.98 Å². The molecule has 1 saturated carbocycles. The molecule has 0 aliphatic heterocycles. The smallest absolute Gasteiger partial charge is 0.264 e. The van der Waals surface area contributed by atoms with Gasteiger partial charge in [-0.15, -0.1) is 0 Å². The van der Waals surface area contributed by atoms with Gasteiger partial charge < -0.3 is 14.2 Å². The molecule has 1 aliphatic carbocycles. The predicted octanol–water partition coefficient (Wildman–Crippen LogP) is 3.54. The molecule has 6 nitrogen and oxygen atoms in total. The Kier molecular flexibility index (Phi) is 6.26. The Bertz CT molecular complexity index is 723. The highest BCUT2D eigenvalue weighted by Gasteiger charge is 2.20. The third-order valence-corrected chi connectivity index (χ3v) is 4.99.